The van der Waals surface area contributed by atoms with E-state index in [0.717, 1.165) is 35.4 Å². The van der Waals surface area contributed by atoms with Gasteiger partial charge in [-0.3, -0.25) is 0 Å². The maximum Gasteiger partial charge on any atom is 0.0756 e. The van der Waals surface area contributed by atoms with Crippen LogP contribution in [-0.2, 0) is 6.42 Å². The number of halogens is 1. The van der Waals surface area contributed by atoms with Crippen LogP contribution in [0.4, 0.5) is 0 Å². The summed E-state index contributed by atoms with van der Waals surface area (Å²) in [6.07, 6.45) is 4.49. The van der Waals surface area contributed by atoms with Gasteiger partial charge in [0.2, 0.25) is 0 Å². The SMILES string of the molecule is OC1CCC=C1Cc1ccccc1Cl. The van der Waals surface area contributed by atoms with Gasteiger partial charge in [0.25, 0.3) is 0 Å². The van der Waals surface area contributed by atoms with Crippen molar-refractivity contribution in [2.45, 2.75) is 25.4 Å². The molecular formula is C12H13ClO. The van der Waals surface area contributed by atoms with Crippen LogP contribution in [0.5, 0.6) is 0 Å². The quantitative estimate of drug-likeness (QED) is 0.741. The van der Waals surface area contributed by atoms with Crippen LogP contribution in [0.25, 0.3) is 0 Å². The fourth-order valence-corrected chi connectivity index (χ4v) is 2.00. The third-order valence-corrected chi connectivity index (χ3v) is 3.00. The molecule has 1 aromatic rings. The van der Waals surface area contributed by atoms with Crippen LogP contribution in [-0.4, -0.2) is 11.2 Å². The van der Waals surface area contributed by atoms with E-state index in [0.29, 0.717) is 0 Å². The molecule has 74 valence electrons. The summed E-state index contributed by atoms with van der Waals surface area (Å²) in [5.74, 6) is 0. The van der Waals surface area contributed by atoms with Crippen LogP contribution < -0.4 is 0 Å². The molecule has 2 rings (SSSR count). The first-order chi connectivity index (χ1) is 6.77. The molecule has 0 radical (unpaired) electrons. The fraction of sp³-hybridized carbons (Fsp3) is 0.333. The van der Waals surface area contributed by atoms with Gasteiger partial charge in [-0.05, 0) is 36.5 Å². The summed E-state index contributed by atoms with van der Waals surface area (Å²) >= 11 is 6.04. The van der Waals surface area contributed by atoms with Gasteiger partial charge >= 0.3 is 0 Å². The lowest BCUT2D eigenvalue weighted by molar-refractivity contribution is 0.209. The molecule has 2 heteroatoms. The van der Waals surface area contributed by atoms with Gasteiger partial charge in [-0.15, -0.1) is 0 Å². The first-order valence-corrected chi connectivity index (χ1v) is 5.25. The second-order valence-corrected chi connectivity index (χ2v) is 4.05. The number of aliphatic hydroxyl groups excluding tert-OH is 1. The van der Waals surface area contributed by atoms with Gasteiger partial charge in [0, 0.05) is 5.02 Å². The highest BCUT2D eigenvalue weighted by atomic mass is 35.5. The van der Waals surface area contributed by atoms with E-state index in [1.807, 2.05) is 24.3 Å². The van der Waals surface area contributed by atoms with Gasteiger partial charge in [-0.2, -0.15) is 0 Å². The second kappa shape index (κ2) is 4.16. The molecule has 1 atom stereocenters. The molecule has 0 fully saturated rings. The summed E-state index contributed by atoms with van der Waals surface area (Å²) in [5.41, 5.74) is 2.21. The Hall–Kier alpha value is -0.790. The van der Waals surface area contributed by atoms with E-state index in [1.54, 1.807) is 0 Å². The minimum absolute atomic E-state index is 0.258. The van der Waals surface area contributed by atoms with Crippen molar-refractivity contribution in [3.05, 3.63) is 46.5 Å². The maximum absolute atomic E-state index is 9.63. The minimum atomic E-state index is -0.258. The molecule has 0 bridgehead atoms. The molecule has 1 aliphatic carbocycles. The van der Waals surface area contributed by atoms with E-state index in [9.17, 15) is 5.11 Å². The first-order valence-electron chi connectivity index (χ1n) is 4.88. The Bertz CT molecular complexity index is 357. The fourth-order valence-electron chi connectivity index (χ4n) is 1.80. The molecule has 14 heavy (non-hydrogen) atoms. The molecule has 1 aromatic carbocycles. The molecule has 0 spiro atoms. The van der Waals surface area contributed by atoms with E-state index in [1.165, 1.54) is 0 Å². The van der Waals surface area contributed by atoms with E-state index in [-0.39, 0.29) is 6.10 Å². The molecule has 1 unspecified atom stereocenters. The van der Waals surface area contributed by atoms with Crippen molar-refractivity contribution in [2.24, 2.45) is 0 Å². The van der Waals surface area contributed by atoms with Crippen molar-refractivity contribution in [1.29, 1.82) is 0 Å². The minimum Gasteiger partial charge on any atom is -0.389 e. The average Bonchev–Trinajstić information content (AvgIpc) is 2.56. The summed E-state index contributed by atoms with van der Waals surface area (Å²) in [7, 11) is 0. The Morgan fingerprint density at radius 1 is 1.36 bits per heavy atom. The third kappa shape index (κ3) is 1.99. The molecule has 0 aliphatic heterocycles. The molecule has 1 aliphatic rings. The normalized spacial score (nSPS) is 21.0. The standard InChI is InChI=1S/C12H13ClO/c13-11-6-2-1-4-9(11)8-10-5-3-7-12(10)14/h1-2,4-6,12,14H,3,7-8H2. The molecule has 1 N–H and O–H groups in total. The van der Waals surface area contributed by atoms with Crippen molar-refractivity contribution < 1.29 is 5.11 Å². The van der Waals surface area contributed by atoms with Crippen molar-refractivity contribution in [3.8, 4) is 0 Å². The predicted octanol–water partition coefficient (Wildman–Crippen LogP) is 2.96. The molecule has 0 heterocycles. The van der Waals surface area contributed by atoms with Crippen LogP contribution in [0.2, 0.25) is 5.02 Å². The first kappa shape index (κ1) is 9.75. The lowest BCUT2D eigenvalue weighted by Crippen LogP contribution is -2.06. The van der Waals surface area contributed by atoms with E-state index in [4.69, 9.17) is 11.6 Å². The van der Waals surface area contributed by atoms with Crippen LogP contribution in [0.3, 0.4) is 0 Å². The Morgan fingerprint density at radius 3 is 2.79 bits per heavy atom. The summed E-state index contributed by atoms with van der Waals surface area (Å²) < 4.78 is 0. The Morgan fingerprint density at radius 2 is 2.14 bits per heavy atom. The zero-order chi connectivity index (χ0) is 9.97. The molecule has 0 aromatic heterocycles. The van der Waals surface area contributed by atoms with Gasteiger partial charge in [-0.25, -0.2) is 0 Å². The summed E-state index contributed by atoms with van der Waals surface area (Å²) in [6, 6.07) is 7.79. The van der Waals surface area contributed by atoms with E-state index < -0.39 is 0 Å². The van der Waals surface area contributed by atoms with E-state index >= 15 is 0 Å². The summed E-state index contributed by atoms with van der Waals surface area (Å²) in [4.78, 5) is 0. The Labute approximate surface area is 89.0 Å². The zero-order valence-electron chi connectivity index (χ0n) is 7.91. The van der Waals surface area contributed by atoms with Gasteiger partial charge in [0.05, 0.1) is 6.10 Å². The molecule has 1 nitrogen and oxygen atoms in total. The topological polar surface area (TPSA) is 20.2 Å². The number of hydrogen-bond acceptors (Lipinski definition) is 1. The van der Waals surface area contributed by atoms with Crippen molar-refractivity contribution >= 4 is 11.6 Å². The number of aliphatic hydroxyl groups is 1. The number of benzene rings is 1. The van der Waals surface area contributed by atoms with Crippen molar-refractivity contribution in [3.63, 3.8) is 0 Å². The number of hydrogen-bond donors (Lipinski definition) is 1. The van der Waals surface area contributed by atoms with Crippen molar-refractivity contribution in [1.82, 2.24) is 0 Å². The maximum atomic E-state index is 9.63. The summed E-state index contributed by atoms with van der Waals surface area (Å²) in [6.45, 7) is 0. The zero-order valence-corrected chi connectivity index (χ0v) is 8.67. The van der Waals surface area contributed by atoms with Crippen molar-refractivity contribution in [2.75, 3.05) is 0 Å². The molecule has 0 saturated heterocycles. The smallest absolute Gasteiger partial charge is 0.0756 e. The molecule has 0 amide bonds. The Kier molecular flexibility index (Phi) is 2.90. The Balaban J connectivity index is 2.15. The molecular weight excluding hydrogens is 196 g/mol. The van der Waals surface area contributed by atoms with E-state index in [2.05, 4.69) is 6.08 Å². The second-order valence-electron chi connectivity index (χ2n) is 3.64. The van der Waals surface area contributed by atoms with Crippen LogP contribution in [0, 0.1) is 0 Å². The monoisotopic (exact) mass is 208 g/mol. The van der Waals surface area contributed by atoms with Crippen LogP contribution in [0.1, 0.15) is 18.4 Å². The van der Waals surface area contributed by atoms with Gasteiger partial charge < -0.3 is 5.11 Å². The molecule has 0 saturated carbocycles. The predicted molar refractivity (Wildman–Crippen MR) is 58.5 cm³/mol. The largest absolute Gasteiger partial charge is 0.389 e. The van der Waals surface area contributed by atoms with Crippen LogP contribution in [0.15, 0.2) is 35.9 Å². The number of allylic oxidation sites excluding steroid dienone is 1. The lowest BCUT2D eigenvalue weighted by atomic mass is 10.0. The third-order valence-electron chi connectivity index (χ3n) is 2.63. The van der Waals surface area contributed by atoms with Crippen LogP contribution >= 0.6 is 11.6 Å². The van der Waals surface area contributed by atoms with Gasteiger partial charge in [-0.1, -0.05) is 35.9 Å². The summed E-state index contributed by atoms with van der Waals surface area (Å²) in [5, 5.41) is 10.4. The highest BCUT2D eigenvalue weighted by molar-refractivity contribution is 6.31. The average molecular weight is 209 g/mol. The lowest BCUT2D eigenvalue weighted by Gasteiger charge is -2.09. The highest BCUT2D eigenvalue weighted by Gasteiger charge is 2.16. The van der Waals surface area contributed by atoms with Gasteiger partial charge in [0.15, 0.2) is 0 Å². The highest BCUT2D eigenvalue weighted by Crippen LogP contribution is 2.25. The van der Waals surface area contributed by atoms with Gasteiger partial charge in [0.1, 0.15) is 0 Å². The number of rotatable bonds is 2.